The van der Waals surface area contributed by atoms with E-state index in [-0.39, 0.29) is 30.2 Å². The summed E-state index contributed by atoms with van der Waals surface area (Å²) < 4.78 is 5.24. The van der Waals surface area contributed by atoms with Crippen LogP contribution in [-0.2, 0) is 16.1 Å². The maximum atomic E-state index is 13.9. The van der Waals surface area contributed by atoms with Crippen LogP contribution in [0.15, 0.2) is 78.9 Å². The van der Waals surface area contributed by atoms with E-state index in [2.05, 4.69) is 17.0 Å². The number of likely N-dealkylation sites (tertiary alicyclic amines) is 1. The molecule has 2 aliphatic heterocycles. The highest BCUT2D eigenvalue weighted by Gasteiger charge is 2.47. The Morgan fingerprint density at radius 2 is 1.61 bits per heavy atom. The van der Waals surface area contributed by atoms with Gasteiger partial charge in [-0.25, -0.2) is 4.90 Å². The molecule has 2 aliphatic rings. The van der Waals surface area contributed by atoms with E-state index in [1.165, 1.54) is 10.5 Å². The van der Waals surface area contributed by atoms with E-state index in [9.17, 15) is 14.4 Å². The molecule has 0 aliphatic carbocycles. The smallest absolute Gasteiger partial charge is 0.257 e. The maximum Gasteiger partial charge on any atom is 0.257 e. The van der Waals surface area contributed by atoms with Crippen molar-refractivity contribution in [3.05, 3.63) is 95.0 Å². The molecule has 2 saturated heterocycles. The van der Waals surface area contributed by atoms with E-state index < -0.39 is 6.04 Å². The summed E-state index contributed by atoms with van der Waals surface area (Å²) in [5.74, 6) is -0.316. The summed E-state index contributed by atoms with van der Waals surface area (Å²) >= 11 is 6.01. The number of hydrogen-bond donors (Lipinski definition) is 0. The third-order valence-electron chi connectivity index (χ3n) is 7.31. The minimum Gasteiger partial charge on any atom is -0.497 e. The summed E-state index contributed by atoms with van der Waals surface area (Å²) in [6.07, 6.45) is 1.38. The molecule has 0 aromatic heterocycles. The predicted molar refractivity (Wildman–Crippen MR) is 146 cm³/mol. The van der Waals surface area contributed by atoms with Gasteiger partial charge in [0.05, 0.1) is 19.2 Å². The summed E-state index contributed by atoms with van der Waals surface area (Å²) in [5.41, 5.74) is 2.16. The quantitative estimate of drug-likeness (QED) is 0.410. The molecule has 196 valence electrons. The first-order chi connectivity index (χ1) is 18.4. The van der Waals surface area contributed by atoms with Crippen molar-refractivity contribution >= 4 is 35.0 Å². The van der Waals surface area contributed by atoms with Crippen LogP contribution in [-0.4, -0.2) is 59.8 Å². The second-order valence-corrected chi connectivity index (χ2v) is 10.1. The second kappa shape index (κ2) is 11.4. The van der Waals surface area contributed by atoms with Gasteiger partial charge in [-0.3, -0.25) is 19.3 Å². The predicted octanol–water partition coefficient (Wildman–Crippen LogP) is 4.79. The fourth-order valence-corrected chi connectivity index (χ4v) is 5.46. The Balaban J connectivity index is 1.39. The van der Waals surface area contributed by atoms with Crippen LogP contribution in [0.2, 0.25) is 5.02 Å². The number of hydrogen-bond acceptors (Lipinski definition) is 5. The molecule has 1 atom stereocenters. The molecule has 0 bridgehead atoms. The lowest BCUT2D eigenvalue weighted by atomic mass is 9.98. The fraction of sp³-hybridized carbons (Fsp3) is 0.300. The number of methoxy groups -OCH3 is 1. The van der Waals surface area contributed by atoms with Crippen molar-refractivity contribution in [3.63, 3.8) is 0 Å². The number of piperidine rings is 1. The highest BCUT2D eigenvalue weighted by molar-refractivity contribution is 6.31. The summed E-state index contributed by atoms with van der Waals surface area (Å²) in [4.78, 5) is 45.9. The van der Waals surface area contributed by atoms with Gasteiger partial charge < -0.3 is 9.64 Å². The summed E-state index contributed by atoms with van der Waals surface area (Å²) in [6.45, 7) is 2.43. The molecule has 2 fully saturated rings. The van der Waals surface area contributed by atoms with E-state index >= 15 is 0 Å². The van der Waals surface area contributed by atoms with Crippen molar-refractivity contribution in [2.24, 2.45) is 0 Å². The normalized spacial score (nSPS) is 18.6. The molecular formula is C30H30ClN3O4. The summed E-state index contributed by atoms with van der Waals surface area (Å²) in [5, 5.41) is 0.517. The fourth-order valence-electron chi connectivity index (χ4n) is 5.34. The monoisotopic (exact) mass is 531 g/mol. The Morgan fingerprint density at radius 1 is 0.947 bits per heavy atom. The van der Waals surface area contributed by atoms with Crippen molar-refractivity contribution in [3.8, 4) is 5.75 Å². The lowest BCUT2D eigenvalue weighted by molar-refractivity contribution is -0.123. The van der Waals surface area contributed by atoms with Gasteiger partial charge in [-0.2, -0.15) is 0 Å². The van der Waals surface area contributed by atoms with Gasteiger partial charge in [0.25, 0.3) is 11.8 Å². The van der Waals surface area contributed by atoms with Crippen LogP contribution in [0.5, 0.6) is 5.75 Å². The van der Waals surface area contributed by atoms with Gasteiger partial charge in [0, 0.05) is 36.3 Å². The highest BCUT2D eigenvalue weighted by Crippen LogP contribution is 2.31. The van der Waals surface area contributed by atoms with E-state index in [0.717, 1.165) is 19.6 Å². The van der Waals surface area contributed by atoms with Crippen molar-refractivity contribution in [1.82, 2.24) is 9.80 Å². The molecule has 38 heavy (non-hydrogen) atoms. The van der Waals surface area contributed by atoms with Crippen LogP contribution in [0.1, 0.15) is 35.2 Å². The van der Waals surface area contributed by atoms with Crippen molar-refractivity contribution < 1.29 is 19.1 Å². The molecule has 0 saturated carbocycles. The molecule has 1 unspecified atom stereocenters. The van der Waals surface area contributed by atoms with Gasteiger partial charge in [0.1, 0.15) is 11.8 Å². The first kappa shape index (κ1) is 25.9. The Kier molecular flexibility index (Phi) is 7.77. The van der Waals surface area contributed by atoms with Crippen molar-refractivity contribution in [1.29, 1.82) is 0 Å². The minimum absolute atomic E-state index is 0.0480. The molecule has 8 heteroatoms. The summed E-state index contributed by atoms with van der Waals surface area (Å²) in [7, 11) is 1.57. The van der Waals surface area contributed by atoms with Gasteiger partial charge in [-0.05, 0) is 66.9 Å². The largest absolute Gasteiger partial charge is 0.497 e. The number of carbonyl (C=O) groups excluding carboxylic acids is 3. The van der Waals surface area contributed by atoms with Gasteiger partial charge in [-0.1, -0.05) is 41.9 Å². The first-order valence-electron chi connectivity index (χ1n) is 12.8. The number of halogens is 1. The van der Waals surface area contributed by atoms with Gasteiger partial charge >= 0.3 is 0 Å². The van der Waals surface area contributed by atoms with E-state index in [1.807, 2.05) is 18.2 Å². The number of rotatable bonds is 7. The average molecular weight is 532 g/mol. The van der Waals surface area contributed by atoms with E-state index in [1.54, 1.807) is 60.5 Å². The van der Waals surface area contributed by atoms with Crippen LogP contribution < -0.4 is 9.64 Å². The van der Waals surface area contributed by atoms with Crippen molar-refractivity contribution in [2.75, 3.05) is 25.1 Å². The number of amides is 3. The zero-order chi connectivity index (χ0) is 26.6. The molecule has 0 spiro atoms. The Bertz CT molecular complexity index is 1290. The first-order valence-corrected chi connectivity index (χ1v) is 13.2. The molecule has 3 aromatic rings. The SMILES string of the molecule is COc1ccc(C(=O)N(C2CCN(Cc3ccccc3)CC2)C2CC(=O)N(c3ccc(Cl)cc3)C2=O)cc1. The van der Waals surface area contributed by atoms with E-state index in [0.29, 0.717) is 34.9 Å². The molecule has 7 nitrogen and oxygen atoms in total. The van der Waals surface area contributed by atoms with Crippen LogP contribution in [0.4, 0.5) is 5.69 Å². The number of benzene rings is 3. The van der Waals surface area contributed by atoms with Crippen LogP contribution in [0, 0.1) is 0 Å². The number of imide groups is 1. The lowest BCUT2D eigenvalue weighted by Gasteiger charge is -2.40. The average Bonchev–Trinajstić information content (AvgIpc) is 3.24. The summed E-state index contributed by atoms with van der Waals surface area (Å²) in [6, 6.07) is 22.7. The van der Waals surface area contributed by atoms with Crippen LogP contribution >= 0.6 is 11.6 Å². The highest BCUT2D eigenvalue weighted by atomic mass is 35.5. The Morgan fingerprint density at radius 3 is 2.24 bits per heavy atom. The molecule has 2 heterocycles. The van der Waals surface area contributed by atoms with Gasteiger partial charge in [0.15, 0.2) is 0 Å². The van der Waals surface area contributed by atoms with Crippen LogP contribution in [0.25, 0.3) is 0 Å². The van der Waals surface area contributed by atoms with Crippen molar-refractivity contribution in [2.45, 2.75) is 37.9 Å². The topological polar surface area (TPSA) is 70.2 Å². The number of anilines is 1. The second-order valence-electron chi connectivity index (χ2n) is 9.70. The number of ether oxygens (including phenoxy) is 1. The molecule has 3 amide bonds. The molecular weight excluding hydrogens is 502 g/mol. The van der Waals surface area contributed by atoms with E-state index in [4.69, 9.17) is 16.3 Å². The number of nitrogens with zero attached hydrogens (tertiary/aromatic N) is 3. The third kappa shape index (κ3) is 5.44. The Hall–Kier alpha value is -3.68. The third-order valence-corrected chi connectivity index (χ3v) is 7.57. The lowest BCUT2D eigenvalue weighted by Crippen LogP contribution is -2.54. The Labute approximate surface area is 227 Å². The molecule has 3 aromatic carbocycles. The number of carbonyl (C=O) groups is 3. The zero-order valence-electron chi connectivity index (χ0n) is 21.3. The maximum absolute atomic E-state index is 13.9. The van der Waals surface area contributed by atoms with Gasteiger partial charge in [-0.15, -0.1) is 0 Å². The standard InChI is InChI=1S/C30H30ClN3O4/c1-38-26-13-7-22(8-14-26)29(36)33(25-15-17-32(18-16-25)20-21-5-3-2-4-6-21)27-19-28(35)34(30(27)37)24-11-9-23(31)10-12-24/h2-14,25,27H,15-20H2,1H3. The molecule has 0 N–H and O–H groups in total. The van der Waals surface area contributed by atoms with Gasteiger partial charge in [0.2, 0.25) is 5.91 Å². The van der Waals surface area contributed by atoms with Crippen LogP contribution in [0.3, 0.4) is 0 Å². The molecule has 5 rings (SSSR count). The minimum atomic E-state index is -0.863. The zero-order valence-corrected chi connectivity index (χ0v) is 22.0. The molecule has 0 radical (unpaired) electrons.